The Bertz CT molecular complexity index is 384. The molecule has 0 amide bonds. The maximum Gasteiger partial charge on any atom is 0.292 e. The standard InChI is InChI=1S/C10H13BrN2O3/c1-7(6-16-2)12-9-5-8(11)3-4-10(9)13(14)15/h3-5,7,12H,6H2,1-2H3/t7-/m0/s1. The van der Waals surface area contributed by atoms with Gasteiger partial charge in [-0.25, -0.2) is 0 Å². The van der Waals surface area contributed by atoms with Gasteiger partial charge in [-0.05, 0) is 19.1 Å². The van der Waals surface area contributed by atoms with Gasteiger partial charge < -0.3 is 10.1 Å². The van der Waals surface area contributed by atoms with Crippen LogP contribution >= 0.6 is 15.9 Å². The number of hydrogen-bond donors (Lipinski definition) is 1. The van der Waals surface area contributed by atoms with E-state index in [1.54, 1.807) is 19.2 Å². The average molecular weight is 289 g/mol. The summed E-state index contributed by atoms with van der Waals surface area (Å²) in [7, 11) is 1.59. The van der Waals surface area contributed by atoms with Gasteiger partial charge in [0.15, 0.2) is 0 Å². The number of anilines is 1. The first-order valence-electron chi connectivity index (χ1n) is 4.74. The van der Waals surface area contributed by atoms with Gasteiger partial charge in [-0.15, -0.1) is 0 Å². The summed E-state index contributed by atoms with van der Waals surface area (Å²) in [5, 5.41) is 13.8. The predicted octanol–water partition coefficient (Wildman–Crippen LogP) is 2.80. The third-order valence-corrected chi connectivity index (χ3v) is 2.47. The molecule has 1 rings (SSSR count). The first-order chi connectivity index (χ1) is 7.54. The molecule has 0 aliphatic carbocycles. The minimum absolute atomic E-state index is 0.0120. The van der Waals surface area contributed by atoms with Crippen molar-refractivity contribution >= 4 is 27.3 Å². The summed E-state index contributed by atoms with van der Waals surface area (Å²) in [6, 6.07) is 4.80. The number of nitrogens with zero attached hydrogens (tertiary/aromatic N) is 1. The molecule has 0 saturated heterocycles. The Morgan fingerprint density at radius 1 is 1.62 bits per heavy atom. The maximum atomic E-state index is 10.8. The van der Waals surface area contributed by atoms with Crippen LogP contribution in [0.15, 0.2) is 22.7 Å². The van der Waals surface area contributed by atoms with Gasteiger partial charge in [-0.3, -0.25) is 10.1 Å². The monoisotopic (exact) mass is 288 g/mol. The summed E-state index contributed by atoms with van der Waals surface area (Å²) >= 11 is 3.28. The van der Waals surface area contributed by atoms with Gasteiger partial charge in [0.05, 0.1) is 11.5 Å². The molecule has 0 unspecified atom stereocenters. The normalized spacial score (nSPS) is 12.2. The molecule has 1 atom stereocenters. The molecule has 0 saturated carbocycles. The highest BCUT2D eigenvalue weighted by Gasteiger charge is 2.15. The third kappa shape index (κ3) is 3.46. The predicted molar refractivity (Wildman–Crippen MR) is 65.8 cm³/mol. The lowest BCUT2D eigenvalue weighted by Gasteiger charge is -2.14. The SMILES string of the molecule is COC[C@H](C)Nc1cc(Br)ccc1[N+](=O)[O-]. The second kappa shape index (κ2) is 5.81. The van der Waals surface area contributed by atoms with Crippen molar-refractivity contribution < 1.29 is 9.66 Å². The number of hydrogen-bond acceptors (Lipinski definition) is 4. The van der Waals surface area contributed by atoms with Crippen molar-refractivity contribution in [2.75, 3.05) is 19.0 Å². The molecule has 1 aromatic rings. The van der Waals surface area contributed by atoms with Crippen LogP contribution in [0.5, 0.6) is 0 Å². The van der Waals surface area contributed by atoms with E-state index in [0.717, 1.165) is 4.47 Å². The Hall–Kier alpha value is -1.14. The van der Waals surface area contributed by atoms with Crippen molar-refractivity contribution in [1.82, 2.24) is 0 Å². The first-order valence-corrected chi connectivity index (χ1v) is 5.53. The van der Waals surface area contributed by atoms with Crippen LogP contribution in [-0.2, 0) is 4.74 Å². The molecule has 0 radical (unpaired) electrons. The van der Waals surface area contributed by atoms with Crippen LogP contribution in [0.3, 0.4) is 0 Å². The summed E-state index contributed by atoms with van der Waals surface area (Å²) < 4.78 is 5.76. The summed E-state index contributed by atoms with van der Waals surface area (Å²) in [5.74, 6) is 0. The zero-order valence-electron chi connectivity index (χ0n) is 9.07. The number of halogens is 1. The number of rotatable bonds is 5. The fourth-order valence-electron chi connectivity index (χ4n) is 1.34. The van der Waals surface area contributed by atoms with Gasteiger partial charge in [0, 0.05) is 23.7 Å². The highest BCUT2D eigenvalue weighted by atomic mass is 79.9. The Kier molecular flexibility index (Phi) is 4.70. The number of nitro benzene ring substituents is 1. The van der Waals surface area contributed by atoms with Crippen molar-refractivity contribution in [2.24, 2.45) is 0 Å². The van der Waals surface area contributed by atoms with Gasteiger partial charge in [0.2, 0.25) is 0 Å². The number of nitro groups is 1. The molecular formula is C10H13BrN2O3. The molecule has 6 heteroatoms. The van der Waals surface area contributed by atoms with Crippen LogP contribution in [0.2, 0.25) is 0 Å². The smallest absolute Gasteiger partial charge is 0.292 e. The van der Waals surface area contributed by atoms with E-state index in [1.165, 1.54) is 6.07 Å². The topological polar surface area (TPSA) is 64.4 Å². The Morgan fingerprint density at radius 3 is 2.88 bits per heavy atom. The van der Waals surface area contributed by atoms with Gasteiger partial charge in [-0.1, -0.05) is 15.9 Å². The van der Waals surface area contributed by atoms with Crippen molar-refractivity contribution in [3.63, 3.8) is 0 Å². The molecule has 0 aromatic heterocycles. The lowest BCUT2D eigenvalue weighted by Crippen LogP contribution is -2.21. The minimum atomic E-state index is -0.408. The van der Waals surface area contributed by atoms with Gasteiger partial charge >= 0.3 is 0 Å². The molecule has 16 heavy (non-hydrogen) atoms. The van der Waals surface area contributed by atoms with E-state index < -0.39 is 4.92 Å². The number of benzene rings is 1. The molecular weight excluding hydrogens is 276 g/mol. The fraction of sp³-hybridized carbons (Fsp3) is 0.400. The average Bonchev–Trinajstić information content (AvgIpc) is 2.17. The summed E-state index contributed by atoms with van der Waals surface area (Å²) in [5.41, 5.74) is 0.551. The highest BCUT2D eigenvalue weighted by molar-refractivity contribution is 9.10. The van der Waals surface area contributed by atoms with Gasteiger partial charge in [-0.2, -0.15) is 0 Å². The van der Waals surface area contributed by atoms with Crippen LogP contribution < -0.4 is 5.32 Å². The summed E-state index contributed by atoms with van der Waals surface area (Å²) in [6.07, 6.45) is 0. The summed E-state index contributed by atoms with van der Waals surface area (Å²) in [4.78, 5) is 10.4. The first kappa shape index (κ1) is 12.9. The molecule has 0 fully saturated rings. The number of methoxy groups -OCH3 is 1. The van der Waals surface area contributed by atoms with Crippen molar-refractivity contribution in [3.8, 4) is 0 Å². The molecule has 1 N–H and O–H groups in total. The lowest BCUT2D eigenvalue weighted by atomic mass is 10.2. The van der Waals surface area contributed by atoms with Crippen molar-refractivity contribution in [2.45, 2.75) is 13.0 Å². The molecule has 1 aromatic carbocycles. The van der Waals surface area contributed by atoms with E-state index in [2.05, 4.69) is 21.2 Å². The number of ether oxygens (including phenoxy) is 1. The van der Waals surface area contributed by atoms with Crippen LogP contribution in [0, 0.1) is 10.1 Å². The van der Waals surface area contributed by atoms with Gasteiger partial charge in [0.25, 0.3) is 5.69 Å². The van der Waals surface area contributed by atoms with E-state index >= 15 is 0 Å². The quantitative estimate of drug-likeness (QED) is 0.668. The second-order valence-electron chi connectivity index (χ2n) is 3.42. The molecule has 5 nitrogen and oxygen atoms in total. The van der Waals surface area contributed by atoms with Gasteiger partial charge in [0.1, 0.15) is 5.69 Å². The zero-order chi connectivity index (χ0) is 12.1. The molecule has 88 valence electrons. The molecule has 0 bridgehead atoms. The van der Waals surface area contributed by atoms with Crippen LogP contribution in [0.4, 0.5) is 11.4 Å². The van der Waals surface area contributed by atoms with Crippen LogP contribution in [0.1, 0.15) is 6.92 Å². The zero-order valence-corrected chi connectivity index (χ0v) is 10.7. The third-order valence-electron chi connectivity index (χ3n) is 1.97. The Morgan fingerprint density at radius 2 is 2.31 bits per heavy atom. The van der Waals surface area contributed by atoms with Crippen molar-refractivity contribution in [1.29, 1.82) is 0 Å². The molecule has 0 spiro atoms. The largest absolute Gasteiger partial charge is 0.383 e. The van der Waals surface area contributed by atoms with Crippen LogP contribution in [0.25, 0.3) is 0 Å². The van der Waals surface area contributed by atoms with E-state index in [0.29, 0.717) is 12.3 Å². The minimum Gasteiger partial charge on any atom is -0.383 e. The Labute approximate surface area is 102 Å². The second-order valence-corrected chi connectivity index (χ2v) is 4.33. The van der Waals surface area contributed by atoms with E-state index in [4.69, 9.17) is 4.74 Å². The summed E-state index contributed by atoms with van der Waals surface area (Å²) in [6.45, 7) is 2.39. The van der Waals surface area contributed by atoms with E-state index in [-0.39, 0.29) is 11.7 Å². The molecule has 0 aliphatic rings. The maximum absolute atomic E-state index is 10.8. The van der Waals surface area contributed by atoms with Crippen LogP contribution in [-0.4, -0.2) is 24.7 Å². The van der Waals surface area contributed by atoms with E-state index in [1.807, 2.05) is 6.92 Å². The lowest BCUT2D eigenvalue weighted by molar-refractivity contribution is -0.384. The fourth-order valence-corrected chi connectivity index (χ4v) is 1.70. The Balaban J connectivity index is 2.92. The van der Waals surface area contributed by atoms with E-state index in [9.17, 15) is 10.1 Å². The highest BCUT2D eigenvalue weighted by Crippen LogP contribution is 2.28. The molecule has 0 heterocycles. The number of nitrogens with one attached hydrogen (secondary N) is 1. The van der Waals surface area contributed by atoms with Crippen molar-refractivity contribution in [3.05, 3.63) is 32.8 Å². The molecule has 0 aliphatic heterocycles.